The van der Waals surface area contributed by atoms with E-state index >= 15 is 0 Å². The van der Waals surface area contributed by atoms with Crippen LogP contribution in [0.1, 0.15) is 56.1 Å². The molecule has 0 bridgehead atoms. The lowest BCUT2D eigenvalue weighted by atomic mass is 9.87. The molecule has 0 saturated carbocycles. The Kier molecular flexibility index (Phi) is 8.04. The summed E-state index contributed by atoms with van der Waals surface area (Å²) in [5, 5.41) is 7.39. The van der Waals surface area contributed by atoms with Crippen LogP contribution in [0.2, 0.25) is 10.0 Å². The number of hydrogen-bond acceptors (Lipinski definition) is 3. The van der Waals surface area contributed by atoms with E-state index < -0.39 is 17.9 Å². The van der Waals surface area contributed by atoms with Crippen LogP contribution in [0.15, 0.2) is 47.6 Å². The van der Waals surface area contributed by atoms with Gasteiger partial charge < -0.3 is 5.32 Å². The number of halogens is 2. The summed E-state index contributed by atoms with van der Waals surface area (Å²) in [6.45, 7) is 10.1. The van der Waals surface area contributed by atoms with Gasteiger partial charge in [0, 0.05) is 5.02 Å². The Morgan fingerprint density at radius 1 is 1.03 bits per heavy atom. The number of rotatable bonds is 6. The molecule has 2 amide bonds. The molecule has 2 aromatic carbocycles. The zero-order valence-electron chi connectivity index (χ0n) is 17.8. The van der Waals surface area contributed by atoms with Gasteiger partial charge in [0.05, 0.1) is 16.8 Å². The molecule has 0 heterocycles. The summed E-state index contributed by atoms with van der Waals surface area (Å²) in [6, 6.07) is 11.8. The van der Waals surface area contributed by atoms with Crippen molar-refractivity contribution in [2.24, 2.45) is 11.0 Å². The van der Waals surface area contributed by atoms with E-state index in [2.05, 4.69) is 36.6 Å². The third kappa shape index (κ3) is 6.57. The van der Waals surface area contributed by atoms with Gasteiger partial charge in [-0.05, 0) is 40.7 Å². The summed E-state index contributed by atoms with van der Waals surface area (Å²) in [5.74, 6) is -1.01. The number of hydrazone groups is 1. The third-order valence-corrected chi connectivity index (χ3v) is 5.12. The maximum absolute atomic E-state index is 12.6. The van der Waals surface area contributed by atoms with Crippen LogP contribution >= 0.6 is 23.2 Å². The third-order valence-electron chi connectivity index (χ3n) is 4.58. The Bertz CT molecular complexity index is 932. The molecule has 0 fully saturated rings. The van der Waals surface area contributed by atoms with Crippen LogP contribution in [0.4, 0.5) is 0 Å². The van der Waals surface area contributed by atoms with Crippen molar-refractivity contribution in [3.05, 3.63) is 69.2 Å². The number of benzene rings is 2. The molecule has 0 aliphatic heterocycles. The first-order valence-corrected chi connectivity index (χ1v) is 10.4. The first kappa shape index (κ1) is 23.9. The predicted octanol–water partition coefficient (Wildman–Crippen LogP) is 5.20. The molecule has 30 heavy (non-hydrogen) atoms. The molecule has 0 aliphatic carbocycles. The second kappa shape index (κ2) is 10.1. The van der Waals surface area contributed by atoms with Crippen molar-refractivity contribution < 1.29 is 9.59 Å². The summed E-state index contributed by atoms with van der Waals surface area (Å²) in [4.78, 5) is 25.1. The van der Waals surface area contributed by atoms with Crippen LogP contribution in [-0.2, 0) is 10.2 Å². The normalized spacial score (nSPS) is 12.8. The van der Waals surface area contributed by atoms with Crippen molar-refractivity contribution in [2.45, 2.75) is 46.1 Å². The van der Waals surface area contributed by atoms with Crippen molar-refractivity contribution in [2.75, 3.05) is 0 Å². The Morgan fingerprint density at radius 2 is 1.67 bits per heavy atom. The number of carbonyl (C=O) groups excluding carboxylic acids is 2. The second-order valence-electron chi connectivity index (χ2n) is 8.43. The van der Waals surface area contributed by atoms with E-state index in [0.717, 1.165) is 5.56 Å². The van der Waals surface area contributed by atoms with Crippen LogP contribution < -0.4 is 10.7 Å². The van der Waals surface area contributed by atoms with E-state index in [-0.39, 0.29) is 21.9 Å². The Balaban J connectivity index is 2.03. The number of carbonyl (C=O) groups is 2. The molecule has 0 spiro atoms. The van der Waals surface area contributed by atoms with Crippen molar-refractivity contribution in [1.82, 2.24) is 10.7 Å². The van der Waals surface area contributed by atoms with Gasteiger partial charge in [0.2, 0.25) is 0 Å². The molecular weight excluding hydrogens is 421 g/mol. The van der Waals surface area contributed by atoms with Crippen LogP contribution in [0.5, 0.6) is 0 Å². The SMILES string of the molecule is CC(C)C(NC(=O)c1ccc(Cl)cc1Cl)C(=O)NN=Cc1ccc(C(C)(C)C)cc1. The van der Waals surface area contributed by atoms with E-state index in [0.29, 0.717) is 5.02 Å². The average molecular weight is 448 g/mol. The molecule has 1 atom stereocenters. The maximum atomic E-state index is 12.6. The highest BCUT2D eigenvalue weighted by molar-refractivity contribution is 6.36. The first-order chi connectivity index (χ1) is 14.0. The highest BCUT2D eigenvalue weighted by atomic mass is 35.5. The van der Waals surface area contributed by atoms with Gasteiger partial charge in [0.15, 0.2) is 0 Å². The van der Waals surface area contributed by atoms with E-state index in [1.807, 2.05) is 38.1 Å². The second-order valence-corrected chi connectivity index (χ2v) is 9.27. The molecule has 2 aromatic rings. The fourth-order valence-electron chi connectivity index (χ4n) is 2.74. The molecule has 5 nitrogen and oxygen atoms in total. The average Bonchev–Trinajstić information content (AvgIpc) is 2.65. The quantitative estimate of drug-likeness (QED) is 0.471. The topological polar surface area (TPSA) is 70.6 Å². The largest absolute Gasteiger partial charge is 0.340 e. The maximum Gasteiger partial charge on any atom is 0.262 e. The van der Waals surface area contributed by atoms with Crippen molar-refractivity contribution in [3.63, 3.8) is 0 Å². The highest BCUT2D eigenvalue weighted by Gasteiger charge is 2.25. The van der Waals surface area contributed by atoms with Crippen LogP contribution in [0.3, 0.4) is 0 Å². The Hall–Kier alpha value is -2.37. The summed E-state index contributed by atoms with van der Waals surface area (Å²) < 4.78 is 0. The van der Waals surface area contributed by atoms with Crippen molar-refractivity contribution >= 4 is 41.2 Å². The van der Waals surface area contributed by atoms with Gasteiger partial charge in [0.1, 0.15) is 6.04 Å². The smallest absolute Gasteiger partial charge is 0.262 e. The lowest BCUT2D eigenvalue weighted by Gasteiger charge is -2.20. The zero-order valence-corrected chi connectivity index (χ0v) is 19.3. The molecule has 7 heteroatoms. The van der Waals surface area contributed by atoms with Crippen molar-refractivity contribution in [1.29, 1.82) is 0 Å². The molecule has 0 aliphatic rings. The standard InChI is InChI=1S/C23H27Cl2N3O2/c1-14(2)20(27-21(29)18-11-10-17(24)12-19(18)25)22(30)28-26-13-15-6-8-16(9-7-15)23(3,4)5/h6-14,20H,1-5H3,(H,27,29)(H,28,30). The lowest BCUT2D eigenvalue weighted by Crippen LogP contribution is -2.48. The molecule has 160 valence electrons. The Labute approximate surface area is 187 Å². The van der Waals surface area contributed by atoms with Gasteiger partial charge in [0.25, 0.3) is 11.8 Å². The minimum absolute atomic E-state index is 0.0690. The first-order valence-electron chi connectivity index (χ1n) is 9.68. The van der Waals surface area contributed by atoms with Crippen LogP contribution in [0.25, 0.3) is 0 Å². The minimum atomic E-state index is -0.773. The highest BCUT2D eigenvalue weighted by Crippen LogP contribution is 2.22. The lowest BCUT2D eigenvalue weighted by molar-refractivity contribution is -0.123. The minimum Gasteiger partial charge on any atom is -0.340 e. The van der Waals surface area contributed by atoms with E-state index in [1.165, 1.54) is 17.7 Å². The number of nitrogens with zero attached hydrogens (tertiary/aromatic N) is 1. The van der Waals surface area contributed by atoms with Gasteiger partial charge in [-0.15, -0.1) is 0 Å². The predicted molar refractivity (Wildman–Crippen MR) is 123 cm³/mol. The van der Waals surface area contributed by atoms with Gasteiger partial charge >= 0.3 is 0 Å². The summed E-state index contributed by atoms with van der Waals surface area (Å²) in [7, 11) is 0. The van der Waals surface area contributed by atoms with Gasteiger partial charge in [-0.25, -0.2) is 5.43 Å². The molecule has 1 unspecified atom stereocenters. The van der Waals surface area contributed by atoms with Gasteiger partial charge in [-0.1, -0.05) is 82.1 Å². The molecular formula is C23H27Cl2N3O2. The van der Waals surface area contributed by atoms with Gasteiger partial charge in [-0.3, -0.25) is 9.59 Å². The molecule has 0 saturated heterocycles. The van der Waals surface area contributed by atoms with E-state index in [4.69, 9.17) is 23.2 Å². The molecule has 0 aromatic heterocycles. The van der Waals surface area contributed by atoms with Crippen molar-refractivity contribution in [3.8, 4) is 0 Å². The van der Waals surface area contributed by atoms with E-state index in [1.54, 1.807) is 12.3 Å². The number of hydrogen-bond donors (Lipinski definition) is 2. The fraction of sp³-hybridized carbons (Fsp3) is 0.348. The molecule has 2 rings (SSSR count). The molecule has 2 N–H and O–H groups in total. The summed E-state index contributed by atoms with van der Waals surface area (Å²) >= 11 is 12.0. The summed E-state index contributed by atoms with van der Waals surface area (Å²) in [5.41, 5.74) is 4.90. The van der Waals surface area contributed by atoms with E-state index in [9.17, 15) is 9.59 Å². The van der Waals surface area contributed by atoms with Gasteiger partial charge in [-0.2, -0.15) is 5.10 Å². The molecule has 0 radical (unpaired) electrons. The monoisotopic (exact) mass is 447 g/mol. The fourth-order valence-corrected chi connectivity index (χ4v) is 3.23. The zero-order chi connectivity index (χ0) is 22.5. The summed E-state index contributed by atoms with van der Waals surface area (Å²) in [6.07, 6.45) is 1.57. The van der Waals surface area contributed by atoms with Crippen LogP contribution in [-0.4, -0.2) is 24.1 Å². The van der Waals surface area contributed by atoms with Crippen LogP contribution in [0, 0.1) is 5.92 Å². The number of nitrogens with one attached hydrogen (secondary N) is 2. The Morgan fingerprint density at radius 3 is 2.20 bits per heavy atom. The number of amides is 2.